The van der Waals surface area contributed by atoms with Crippen LogP contribution in [0.3, 0.4) is 0 Å². The van der Waals surface area contributed by atoms with E-state index in [0.29, 0.717) is 5.56 Å². The van der Waals surface area contributed by atoms with Crippen LogP contribution in [0.5, 0.6) is 5.75 Å². The Kier molecular flexibility index (Phi) is 6.29. The van der Waals surface area contributed by atoms with Gasteiger partial charge in [-0.05, 0) is 38.5 Å². The van der Waals surface area contributed by atoms with Gasteiger partial charge in [-0.25, -0.2) is 9.59 Å². The predicted octanol–water partition coefficient (Wildman–Crippen LogP) is 2.81. The quantitative estimate of drug-likeness (QED) is 0.837. The first kappa shape index (κ1) is 18.7. The molecule has 0 aliphatic carbocycles. The van der Waals surface area contributed by atoms with Crippen molar-refractivity contribution < 1.29 is 33.0 Å². The minimum Gasteiger partial charge on any atom is -0.480 e. The Balaban J connectivity index is 2.76. The van der Waals surface area contributed by atoms with E-state index in [1.807, 2.05) is 0 Å². The third kappa shape index (κ3) is 7.44. The highest BCUT2D eigenvalue weighted by Crippen LogP contribution is 2.17. The van der Waals surface area contributed by atoms with Crippen molar-refractivity contribution in [1.82, 2.24) is 5.32 Å². The van der Waals surface area contributed by atoms with Gasteiger partial charge in [0.1, 0.15) is 17.4 Å². The van der Waals surface area contributed by atoms with Crippen LogP contribution in [0, 0.1) is 0 Å². The predicted molar refractivity (Wildman–Crippen MR) is 77.6 cm³/mol. The highest BCUT2D eigenvalue weighted by Gasteiger charge is 2.24. The van der Waals surface area contributed by atoms with E-state index < -0.39 is 30.3 Å². The van der Waals surface area contributed by atoms with Crippen molar-refractivity contribution in [2.75, 3.05) is 0 Å². The fourth-order valence-corrected chi connectivity index (χ4v) is 1.73. The van der Waals surface area contributed by atoms with Crippen molar-refractivity contribution in [2.24, 2.45) is 0 Å². The maximum atomic E-state index is 12.2. The molecule has 1 rings (SSSR count). The molecule has 1 aromatic rings. The van der Waals surface area contributed by atoms with E-state index in [0.717, 1.165) is 0 Å². The summed E-state index contributed by atoms with van der Waals surface area (Å²) < 4.78 is 33.6. The summed E-state index contributed by atoms with van der Waals surface area (Å²) in [5.74, 6) is -1.35. The van der Waals surface area contributed by atoms with Crippen LogP contribution in [-0.4, -0.2) is 35.4 Å². The molecule has 0 fully saturated rings. The van der Waals surface area contributed by atoms with E-state index in [9.17, 15) is 23.5 Å². The Morgan fingerprint density at radius 2 is 1.96 bits per heavy atom. The largest absolute Gasteiger partial charge is 0.480 e. The van der Waals surface area contributed by atoms with Gasteiger partial charge in [0.2, 0.25) is 0 Å². The topological polar surface area (TPSA) is 84.9 Å². The number of hydrogen-bond acceptors (Lipinski definition) is 4. The zero-order valence-corrected chi connectivity index (χ0v) is 13.0. The van der Waals surface area contributed by atoms with Gasteiger partial charge in [-0.15, -0.1) is 0 Å². The van der Waals surface area contributed by atoms with Crippen LogP contribution < -0.4 is 10.1 Å². The van der Waals surface area contributed by atoms with Crippen molar-refractivity contribution in [3.63, 3.8) is 0 Å². The lowest BCUT2D eigenvalue weighted by molar-refractivity contribution is -0.139. The summed E-state index contributed by atoms with van der Waals surface area (Å²) in [6.07, 6.45) is -0.973. The number of nitrogens with one attached hydrogen (secondary N) is 1. The van der Waals surface area contributed by atoms with Gasteiger partial charge in [0.15, 0.2) is 0 Å². The number of carboxylic acid groups (broad SMARTS) is 1. The Bertz CT molecular complexity index is 557. The normalized spacial score (nSPS) is 12.6. The van der Waals surface area contributed by atoms with Crippen LogP contribution in [0.1, 0.15) is 26.3 Å². The van der Waals surface area contributed by atoms with Gasteiger partial charge in [-0.1, -0.05) is 12.1 Å². The van der Waals surface area contributed by atoms with E-state index in [2.05, 4.69) is 10.1 Å². The summed E-state index contributed by atoms with van der Waals surface area (Å²) in [5.41, 5.74) is -0.343. The van der Waals surface area contributed by atoms with Crippen molar-refractivity contribution >= 4 is 12.1 Å². The van der Waals surface area contributed by atoms with Crippen LogP contribution >= 0.6 is 0 Å². The fraction of sp³-hybridized carbons (Fsp3) is 0.467. The molecule has 6 nitrogen and oxygen atoms in total. The summed E-state index contributed by atoms with van der Waals surface area (Å²) in [5, 5.41) is 11.4. The Labute approximate surface area is 132 Å². The number of aliphatic carboxylic acids is 1. The molecule has 0 bridgehead atoms. The third-order valence-corrected chi connectivity index (χ3v) is 2.55. The van der Waals surface area contributed by atoms with Crippen LogP contribution in [0.2, 0.25) is 0 Å². The second kappa shape index (κ2) is 7.75. The summed E-state index contributed by atoms with van der Waals surface area (Å²) >= 11 is 0. The number of ether oxygens (including phenoxy) is 2. The van der Waals surface area contributed by atoms with Gasteiger partial charge in [0.05, 0.1) is 0 Å². The van der Waals surface area contributed by atoms with Gasteiger partial charge in [0, 0.05) is 6.42 Å². The molecule has 0 radical (unpaired) electrons. The molecule has 0 aromatic heterocycles. The molecule has 0 aliphatic rings. The van der Waals surface area contributed by atoms with E-state index in [1.54, 1.807) is 26.8 Å². The second-order valence-corrected chi connectivity index (χ2v) is 5.77. The lowest BCUT2D eigenvalue weighted by Crippen LogP contribution is -2.44. The monoisotopic (exact) mass is 331 g/mol. The van der Waals surface area contributed by atoms with Crippen LogP contribution in [0.4, 0.5) is 13.6 Å². The lowest BCUT2D eigenvalue weighted by Gasteiger charge is -2.22. The molecule has 0 saturated heterocycles. The molecule has 0 saturated carbocycles. The Morgan fingerprint density at radius 1 is 1.30 bits per heavy atom. The van der Waals surface area contributed by atoms with Gasteiger partial charge in [-0.3, -0.25) is 0 Å². The molecule has 128 valence electrons. The van der Waals surface area contributed by atoms with Crippen molar-refractivity contribution in [2.45, 2.75) is 45.4 Å². The van der Waals surface area contributed by atoms with Gasteiger partial charge in [0.25, 0.3) is 0 Å². The van der Waals surface area contributed by atoms with Crippen molar-refractivity contribution in [3.8, 4) is 5.75 Å². The number of halogens is 2. The summed E-state index contributed by atoms with van der Waals surface area (Å²) in [6, 6.07) is 4.36. The van der Waals surface area contributed by atoms with Crippen LogP contribution in [0.15, 0.2) is 24.3 Å². The first-order valence-electron chi connectivity index (χ1n) is 6.83. The highest BCUT2D eigenvalue weighted by atomic mass is 19.3. The maximum absolute atomic E-state index is 12.2. The van der Waals surface area contributed by atoms with Gasteiger partial charge < -0.3 is 19.9 Å². The molecule has 1 atom stereocenters. The van der Waals surface area contributed by atoms with E-state index >= 15 is 0 Å². The zero-order valence-electron chi connectivity index (χ0n) is 13.0. The first-order chi connectivity index (χ1) is 10.6. The summed E-state index contributed by atoms with van der Waals surface area (Å²) in [4.78, 5) is 22.9. The Hall–Kier alpha value is -2.38. The molecular formula is C15H19F2NO5. The molecule has 23 heavy (non-hydrogen) atoms. The number of alkyl halides is 2. The minimum absolute atomic E-state index is 0.0843. The molecule has 8 heteroatoms. The SMILES string of the molecule is CC(C)(C)OC(=O)NC(Cc1cccc(OC(F)F)c1)C(=O)O. The Morgan fingerprint density at radius 3 is 2.48 bits per heavy atom. The zero-order chi connectivity index (χ0) is 17.6. The van der Waals surface area contributed by atoms with E-state index in [-0.39, 0.29) is 12.2 Å². The first-order valence-corrected chi connectivity index (χ1v) is 6.83. The van der Waals surface area contributed by atoms with Crippen molar-refractivity contribution in [3.05, 3.63) is 29.8 Å². The molecule has 0 aliphatic heterocycles. The molecule has 2 N–H and O–H groups in total. The number of hydrogen-bond donors (Lipinski definition) is 2. The molecule has 1 amide bonds. The maximum Gasteiger partial charge on any atom is 0.408 e. The van der Waals surface area contributed by atoms with Crippen LogP contribution in [0.25, 0.3) is 0 Å². The molecule has 1 aromatic carbocycles. The van der Waals surface area contributed by atoms with Crippen molar-refractivity contribution in [1.29, 1.82) is 0 Å². The van der Waals surface area contributed by atoms with Gasteiger partial charge >= 0.3 is 18.7 Å². The second-order valence-electron chi connectivity index (χ2n) is 5.77. The van der Waals surface area contributed by atoms with Crippen LogP contribution in [-0.2, 0) is 16.0 Å². The molecule has 1 unspecified atom stereocenters. The molecule has 0 spiro atoms. The number of rotatable bonds is 6. The fourth-order valence-electron chi connectivity index (χ4n) is 1.73. The van der Waals surface area contributed by atoms with Gasteiger partial charge in [-0.2, -0.15) is 8.78 Å². The highest BCUT2D eigenvalue weighted by molar-refractivity contribution is 5.80. The van der Waals surface area contributed by atoms with E-state index in [1.165, 1.54) is 18.2 Å². The average Bonchev–Trinajstić information content (AvgIpc) is 2.35. The summed E-state index contributed by atoms with van der Waals surface area (Å²) in [6.45, 7) is 1.97. The van der Waals surface area contributed by atoms with E-state index in [4.69, 9.17) is 4.74 Å². The standard InChI is InChI=1S/C15H19F2NO5/c1-15(2,3)23-14(21)18-11(12(19)20)8-9-5-4-6-10(7-9)22-13(16)17/h4-7,11,13H,8H2,1-3H3,(H,18,21)(H,19,20). The molecular weight excluding hydrogens is 312 g/mol. The average molecular weight is 331 g/mol. The number of carboxylic acids is 1. The lowest BCUT2D eigenvalue weighted by atomic mass is 10.1. The number of alkyl carbamates (subject to hydrolysis) is 1. The third-order valence-electron chi connectivity index (χ3n) is 2.55. The minimum atomic E-state index is -2.97. The molecule has 0 heterocycles. The smallest absolute Gasteiger partial charge is 0.408 e. The number of amides is 1. The summed E-state index contributed by atoms with van der Waals surface area (Å²) in [7, 11) is 0. The number of benzene rings is 1. The number of carbonyl (C=O) groups excluding carboxylic acids is 1. The number of carbonyl (C=O) groups is 2.